The normalized spacial score (nSPS) is 18.4. The summed E-state index contributed by atoms with van der Waals surface area (Å²) in [6.07, 6.45) is -0.448. The summed E-state index contributed by atoms with van der Waals surface area (Å²) in [5.74, 6) is 0. The van der Waals surface area contributed by atoms with Crippen molar-refractivity contribution in [1.29, 1.82) is 0 Å². The number of carbonyl (C=O) groups excluding carboxylic acids is 1. The number of hydrogen-bond donors (Lipinski definition) is 1. The molecule has 2 rings (SSSR count). The molecule has 8 nitrogen and oxygen atoms in total. The number of methoxy groups -OCH3 is 1. The molecule has 0 bridgehead atoms. The predicted molar refractivity (Wildman–Crippen MR) is 75.2 cm³/mol. The minimum atomic E-state index is -0.472. The second-order valence-electron chi connectivity index (χ2n) is 4.62. The number of rotatable bonds is 3. The highest BCUT2D eigenvalue weighted by Gasteiger charge is 2.25. The van der Waals surface area contributed by atoms with Gasteiger partial charge in [0.1, 0.15) is 0 Å². The van der Waals surface area contributed by atoms with E-state index in [2.05, 4.69) is 5.32 Å². The molecule has 0 radical (unpaired) electrons. The van der Waals surface area contributed by atoms with Crippen molar-refractivity contribution < 1.29 is 19.2 Å². The van der Waals surface area contributed by atoms with E-state index in [1.165, 1.54) is 19.2 Å². The average Bonchev–Trinajstić information content (AvgIpc) is 2.49. The maximum atomic E-state index is 12.2. The van der Waals surface area contributed by atoms with Crippen molar-refractivity contribution in [3.05, 3.63) is 33.9 Å². The molecule has 1 atom stereocenters. The summed E-state index contributed by atoms with van der Waals surface area (Å²) in [5.41, 5.74) is 0.826. The molecule has 1 N–H and O–H groups in total. The number of nitrogens with zero attached hydrogens (tertiary/aromatic N) is 2. The highest BCUT2D eigenvalue weighted by Crippen LogP contribution is 2.25. The monoisotopic (exact) mass is 295 g/mol. The van der Waals surface area contributed by atoms with E-state index in [0.29, 0.717) is 30.9 Å². The van der Waals surface area contributed by atoms with Crippen LogP contribution in [0.15, 0.2) is 18.2 Å². The first-order valence-electron chi connectivity index (χ1n) is 6.47. The molecule has 114 valence electrons. The van der Waals surface area contributed by atoms with Gasteiger partial charge in [-0.1, -0.05) is 6.07 Å². The summed E-state index contributed by atoms with van der Waals surface area (Å²) in [5, 5.41) is 13.6. The first-order valence-corrected chi connectivity index (χ1v) is 6.47. The fourth-order valence-corrected chi connectivity index (χ4v) is 2.10. The van der Waals surface area contributed by atoms with Crippen LogP contribution < -0.4 is 5.32 Å². The molecule has 8 heteroatoms. The maximum absolute atomic E-state index is 12.2. The Hall–Kier alpha value is -2.19. The minimum Gasteiger partial charge on any atom is -0.354 e. The van der Waals surface area contributed by atoms with Crippen LogP contribution in [0.25, 0.3) is 0 Å². The van der Waals surface area contributed by atoms with Gasteiger partial charge in [0.2, 0.25) is 0 Å². The standard InChI is InChI=1S/C13H17N3O5/c1-9-10(4-3-5-11(9)16(18)19)14-13(17)15-6-7-21-12(8-15)20-2/h3-5,12H,6-8H2,1-2H3,(H,14,17)/t12-/m1/s1. The van der Waals surface area contributed by atoms with Gasteiger partial charge in [-0.25, -0.2) is 4.79 Å². The number of morpholine rings is 1. The Balaban J connectivity index is 2.09. The molecule has 1 saturated heterocycles. The number of urea groups is 1. The van der Waals surface area contributed by atoms with Crippen LogP contribution in [0.4, 0.5) is 16.2 Å². The Labute approximate surface area is 121 Å². The van der Waals surface area contributed by atoms with Gasteiger partial charge in [0, 0.05) is 19.7 Å². The second kappa shape index (κ2) is 6.51. The number of ether oxygens (including phenoxy) is 2. The maximum Gasteiger partial charge on any atom is 0.322 e. The van der Waals surface area contributed by atoms with E-state index < -0.39 is 11.2 Å². The van der Waals surface area contributed by atoms with Crippen LogP contribution in [0.3, 0.4) is 0 Å². The van der Waals surface area contributed by atoms with Crippen molar-refractivity contribution >= 4 is 17.4 Å². The SMILES string of the molecule is CO[C@H]1CN(C(=O)Nc2cccc([N+](=O)[O-])c2C)CCO1. The van der Waals surface area contributed by atoms with Gasteiger partial charge in [-0.05, 0) is 13.0 Å². The van der Waals surface area contributed by atoms with Gasteiger partial charge < -0.3 is 19.7 Å². The molecule has 1 aromatic rings. The van der Waals surface area contributed by atoms with Crippen LogP contribution in [0.2, 0.25) is 0 Å². The van der Waals surface area contributed by atoms with E-state index in [1.807, 2.05) is 0 Å². The predicted octanol–water partition coefficient (Wildman–Crippen LogP) is 1.74. The van der Waals surface area contributed by atoms with E-state index in [1.54, 1.807) is 17.9 Å². The number of nitro benzene ring substituents is 1. The highest BCUT2D eigenvalue weighted by atomic mass is 16.7. The zero-order valence-corrected chi connectivity index (χ0v) is 11.9. The quantitative estimate of drug-likeness (QED) is 0.677. The van der Waals surface area contributed by atoms with Gasteiger partial charge in [0.15, 0.2) is 6.29 Å². The Morgan fingerprint density at radius 2 is 2.33 bits per heavy atom. The summed E-state index contributed by atoms with van der Waals surface area (Å²) in [4.78, 5) is 24.2. The van der Waals surface area contributed by atoms with Crippen LogP contribution in [0.1, 0.15) is 5.56 Å². The minimum absolute atomic E-state index is 0.0236. The lowest BCUT2D eigenvalue weighted by Crippen LogP contribution is -2.47. The van der Waals surface area contributed by atoms with E-state index in [0.717, 1.165) is 0 Å². The molecule has 1 aromatic carbocycles. The molecular formula is C13H17N3O5. The summed E-state index contributed by atoms with van der Waals surface area (Å²) >= 11 is 0. The Morgan fingerprint density at radius 1 is 1.57 bits per heavy atom. The summed E-state index contributed by atoms with van der Waals surface area (Å²) < 4.78 is 10.4. The summed E-state index contributed by atoms with van der Waals surface area (Å²) in [7, 11) is 1.51. The number of anilines is 1. The van der Waals surface area contributed by atoms with E-state index in [9.17, 15) is 14.9 Å². The molecule has 1 aliphatic rings. The van der Waals surface area contributed by atoms with Gasteiger partial charge in [-0.3, -0.25) is 10.1 Å². The number of amides is 2. The van der Waals surface area contributed by atoms with Gasteiger partial charge in [-0.15, -0.1) is 0 Å². The van der Waals surface area contributed by atoms with Gasteiger partial charge in [0.25, 0.3) is 5.69 Å². The lowest BCUT2D eigenvalue weighted by Gasteiger charge is -2.32. The smallest absolute Gasteiger partial charge is 0.322 e. The molecule has 21 heavy (non-hydrogen) atoms. The van der Waals surface area contributed by atoms with Gasteiger partial charge in [-0.2, -0.15) is 0 Å². The van der Waals surface area contributed by atoms with Gasteiger partial charge >= 0.3 is 6.03 Å². The first kappa shape index (κ1) is 15.2. The van der Waals surface area contributed by atoms with Crippen molar-refractivity contribution in [1.82, 2.24) is 4.90 Å². The number of nitro groups is 1. The fraction of sp³-hybridized carbons (Fsp3) is 0.462. The average molecular weight is 295 g/mol. The Kier molecular flexibility index (Phi) is 4.71. The van der Waals surface area contributed by atoms with Crippen molar-refractivity contribution in [2.75, 3.05) is 32.1 Å². The van der Waals surface area contributed by atoms with Crippen molar-refractivity contribution in [2.45, 2.75) is 13.2 Å². The van der Waals surface area contributed by atoms with Gasteiger partial charge in [0.05, 0.1) is 29.3 Å². The summed E-state index contributed by atoms with van der Waals surface area (Å²) in [6, 6.07) is 4.25. The number of benzene rings is 1. The van der Waals surface area contributed by atoms with Crippen molar-refractivity contribution in [3.8, 4) is 0 Å². The number of nitrogens with one attached hydrogen (secondary N) is 1. The zero-order chi connectivity index (χ0) is 15.4. The van der Waals surface area contributed by atoms with Crippen LogP contribution >= 0.6 is 0 Å². The molecule has 0 saturated carbocycles. The second-order valence-corrected chi connectivity index (χ2v) is 4.62. The first-order chi connectivity index (χ1) is 10.0. The third-order valence-electron chi connectivity index (χ3n) is 3.33. The van der Waals surface area contributed by atoms with Crippen molar-refractivity contribution in [2.24, 2.45) is 0 Å². The van der Waals surface area contributed by atoms with Crippen LogP contribution in [-0.4, -0.2) is 49.0 Å². The third kappa shape index (κ3) is 3.47. The van der Waals surface area contributed by atoms with E-state index in [4.69, 9.17) is 9.47 Å². The Bertz CT molecular complexity index is 549. The molecular weight excluding hydrogens is 278 g/mol. The van der Waals surface area contributed by atoms with E-state index >= 15 is 0 Å². The molecule has 2 amide bonds. The molecule has 1 fully saturated rings. The zero-order valence-electron chi connectivity index (χ0n) is 11.9. The molecule has 1 aliphatic heterocycles. The third-order valence-corrected chi connectivity index (χ3v) is 3.33. The molecule has 0 aliphatic carbocycles. The van der Waals surface area contributed by atoms with Crippen molar-refractivity contribution in [3.63, 3.8) is 0 Å². The summed E-state index contributed by atoms with van der Waals surface area (Å²) in [6.45, 7) is 2.75. The topological polar surface area (TPSA) is 93.9 Å². The number of carbonyl (C=O) groups is 1. The molecule has 0 spiro atoms. The Morgan fingerprint density at radius 3 is 3.00 bits per heavy atom. The fourth-order valence-electron chi connectivity index (χ4n) is 2.10. The van der Waals surface area contributed by atoms with E-state index in [-0.39, 0.29) is 11.7 Å². The van der Waals surface area contributed by atoms with Crippen LogP contribution in [0.5, 0.6) is 0 Å². The molecule has 0 unspecified atom stereocenters. The highest BCUT2D eigenvalue weighted by molar-refractivity contribution is 5.90. The van der Waals surface area contributed by atoms with Crippen LogP contribution in [-0.2, 0) is 9.47 Å². The molecule has 0 aromatic heterocycles. The lowest BCUT2D eigenvalue weighted by atomic mass is 10.1. The largest absolute Gasteiger partial charge is 0.354 e. The van der Waals surface area contributed by atoms with Crippen LogP contribution in [0, 0.1) is 17.0 Å². The molecule has 1 heterocycles. The number of hydrogen-bond acceptors (Lipinski definition) is 5. The lowest BCUT2D eigenvalue weighted by molar-refractivity contribution is -0.385.